The number of ketones is 1. The van der Waals surface area contributed by atoms with Crippen LogP contribution in [0.3, 0.4) is 0 Å². The van der Waals surface area contributed by atoms with Crippen LogP contribution in [0.2, 0.25) is 0 Å². The zero-order chi connectivity index (χ0) is 27.9. The summed E-state index contributed by atoms with van der Waals surface area (Å²) in [6.45, 7) is 5.87. The van der Waals surface area contributed by atoms with Crippen LogP contribution in [0.25, 0.3) is 5.76 Å². The fraction of sp³-hybridized carbons (Fsp3) is 0.312. The Morgan fingerprint density at radius 2 is 1.69 bits per heavy atom. The number of benzene rings is 3. The van der Waals surface area contributed by atoms with E-state index < -0.39 is 17.7 Å². The Morgan fingerprint density at radius 1 is 0.974 bits per heavy atom. The fourth-order valence-electron chi connectivity index (χ4n) is 4.58. The molecule has 1 fully saturated rings. The third-order valence-corrected chi connectivity index (χ3v) is 6.68. The number of likely N-dealkylation sites (N-methyl/N-ethyl adjacent to an activating group) is 1. The average molecular weight is 529 g/mol. The topological polar surface area (TPSA) is 79.3 Å². The molecule has 1 amide bonds. The number of aryl methyl sites for hydroxylation is 1. The zero-order valence-corrected chi connectivity index (χ0v) is 23.0. The van der Waals surface area contributed by atoms with Crippen molar-refractivity contribution in [1.82, 2.24) is 9.80 Å². The van der Waals surface area contributed by atoms with Crippen LogP contribution in [-0.4, -0.2) is 60.4 Å². The molecule has 39 heavy (non-hydrogen) atoms. The van der Waals surface area contributed by atoms with E-state index in [4.69, 9.17) is 9.47 Å². The number of carbonyl (C=O) groups is 2. The van der Waals surface area contributed by atoms with Crippen molar-refractivity contribution in [3.63, 3.8) is 0 Å². The Morgan fingerprint density at radius 3 is 2.33 bits per heavy atom. The molecule has 0 radical (unpaired) electrons. The van der Waals surface area contributed by atoms with E-state index in [2.05, 4.69) is 0 Å². The molecule has 3 aromatic carbocycles. The molecule has 7 heteroatoms. The highest BCUT2D eigenvalue weighted by molar-refractivity contribution is 6.46. The molecule has 1 aliphatic rings. The number of ether oxygens (including phenoxy) is 2. The van der Waals surface area contributed by atoms with Gasteiger partial charge in [-0.2, -0.15) is 0 Å². The summed E-state index contributed by atoms with van der Waals surface area (Å²) in [7, 11) is 3.82. The SMILES string of the molecule is CCCOc1ccc(C2/C(=C(/O)c3ccc(OCc4ccccc4)c(C)c3)C(=O)C(=O)N2CCN(C)C)cc1. The minimum absolute atomic E-state index is 0.0818. The number of carbonyl (C=O) groups excluding carboxylic acids is 2. The number of rotatable bonds is 11. The van der Waals surface area contributed by atoms with E-state index in [0.29, 0.717) is 43.4 Å². The van der Waals surface area contributed by atoms with E-state index in [1.54, 1.807) is 23.1 Å². The summed E-state index contributed by atoms with van der Waals surface area (Å²) in [6, 6.07) is 21.8. The summed E-state index contributed by atoms with van der Waals surface area (Å²) < 4.78 is 11.7. The van der Waals surface area contributed by atoms with E-state index >= 15 is 0 Å². The predicted octanol–water partition coefficient (Wildman–Crippen LogP) is 5.35. The van der Waals surface area contributed by atoms with Gasteiger partial charge in [-0.15, -0.1) is 0 Å². The van der Waals surface area contributed by atoms with Gasteiger partial charge >= 0.3 is 0 Å². The van der Waals surface area contributed by atoms with Gasteiger partial charge in [-0.3, -0.25) is 9.59 Å². The maximum Gasteiger partial charge on any atom is 0.295 e. The summed E-state index contributed by atoms with van der Waals surface area (Å²) in [5.41, 5.74) is 3.13. The summed E-state index contributed by atoms with van der Waals surface area (Å²) in [5.74, 6) is -0.109. The van der Waals surface area contributed by atoms with Gasteiger partial charge in [-0.25, -0.2) is 0 Å². The van der Waals surface area contributed by atoms with E-state index in [9.17, 15) is 14.7 Å². The number of hydrogen-bond acceptors (Lipinski definition) is 6. The first-order chi connectivity index (χ1) is 18.8. The number of likely N-dealkylation sites (tertiary alicyclic amines) is 1. The monoisotopic (exact) mass is 528 g/mol. The molecule has 0 saturated carbocycles. The molecule has 4 rings (SSSR count). The van der Waals surface area contributed by atoms with Crippen LogP contribution >= 0.6 is 0 Å². The first-order valence-electron chi connectivity index (χ1n) is 13.2. The Labute approximate surface area is 230 Å². The van der Waals surface area contributed by atoms with Crippen LogP contribution in [0.4, 0.5) is 0 Å². The van der Waals surface area contributed by atoms with Crippen LogP contribution in [-0.2, 0) is 16.2 Å². The molecule has 7 nitrogen and oxygen atoms in total. The molecule has 1 aliphatic heterocycles. The van der Waals surface area contributed by atoms with Crippen LogP contribution in [0.15, 0.2) is 78.4 Å². The Bertz CT molecular complexity index is 1330. The summed E-state index contributed by atoms with van der Waals surface area (Å²) in [4.78, 5) is 30.0. The lowest BCUT2D eigenvalue weighted by atomic mass is 9.94. The number of Topliss-reactive ketones (excluding diaryl/α,β-unsaturated/α-hetero) is 1. The van der Waals surface area contributed by atoms with Gasteiger partial charge in [0.25, 0.3) is 11.7 Å². The molecule has 0 bridgehead atoms. The van der Waals surface area contributed by atoms with Crippen LogP contribution < -0.4 is 9.47 Å². The smallest absolute Gasteiger partial charge is 0.295 e. The largest absolute Gasteiger partial charge is 0.507 e. The van der Waals surface area contributed by atoms with Gasteiger partial charge in [0.15, 0.2) is 0 Å². The predicted molar refractivity (Wildman–Crippen MR) is 152 cm³/mol. The summed E-state index contributed by atoms with van der Waals surface area (Å²) in [6.07, 6.45) is 0.891. The lowest BCUT2D eigenvalue weighted by molar-refractivity contribution is -0.140. The minimum atomic E-state index is -0.709. The molecule has 204 valence electrons. The second kappa shape index (κ2) is 12.6. The third-order valence-electron chi connectivity index (χ3n) is 6.68. The molecule has 0 aliphatic carbocycles. The molecule has 1 heterocycles. The standard InChI is InChI=1S/C32H36N2O5/c1-5-19-38-26-14-11-24(12-15-26)29-28(31(36)32(37)34(29)18-17-33(3)4)30(35)25-13-16-27(22(2)20-25)39-21-23-9-7-6-8-10-23/h6-16,20,29,35H,5,17-19,21H2,1-4H3/b30-28-. The maximum atomic E-state index is 13.3. The van der Waals surface area contributed by atoms with Crippen LogP contribution in [0, 0.1) is 6.92 Å². The Balaban J connectivity index is 1.68. The lowest BCUT2D eigenvalue weighted by Gasteiger charge is -2.26. The first kappa shape index (κ1) is 27.9. The Kier molecular flexibility index (Phi) is 9.04. The number of nitrogens with zero attached hydrogens (tertiary/aromatic N) is 2. The second-order valence-corrected chi connectivity index (χ2v) is 9.97. The molecule has 1 atom stereocenters. The molecule has 1 unspecified atom stereocenters. The molecule has 0 aromatic heterocycles. The van der Waals surface area contributed by atoms with Crippen LogP contribution in [0.5, 0.6) is 11.5 Å². The van der Waals surface area contributed by atoms with Crippen molar-refractivity contribution in [2.45, 2.75) is 32.9 Å². The van der Waals surface area contributed by atoms with E-state index in [1.807, 2.05) is 87.4 Å². The van der Waals surface area contributed by atoms with E-state index in [0.717, 1.165) is 23.1 Å². The molecule has 3 aromatic rings. The van der Waals surface area contributed by atoms with Crippen molar-refractivity contribution in [2.75, 3.05) is 33.8 Å². The quantitative estimate of drug-likeness (QED) is 0.205. The van der Waals surface area contributed by atoms with Crippen molar-refractivity contribution >= 4 is 17.4 Å². The fourth-order valence-corrected chi connectivity index (χ4v) is 4.58. The number of aliphatic hydroxyl groups is 1. The van der Waals surface area contributed by atoms with Gasteiger partial charge in [0.1, 0.15) is 23.9 Å². The van der Waals surface area contributed by atoms with E-state index in [1.165, 1.54) is 0 Å². The summed E-state index contributed by atoms with van der Waals surface area (Å²) >= 11 is 0. The molecular weight excluding hydrogens is 492 g/mol. The first-order valence-corrected chi connectivity index (χ1v) is 13.2. The highest BCUT2D eigenvalue weighted by Crippen LogP contribution is 2.40. The number of hydrogen-bond donors (Lipinski definition) is 1. The molecule has 1 N–H and O–H groups in total. The summed E-state index contributed by atoms with van der Waals surface area (Å²) in [5, 5.41) is 11.4. The number of aliphatic hydroxyl groups excluding tert-OH is 1. The molecular formula is C32H36N2O5. The van der Waals surface area contributed by atoms with Crippen molar-refractivity contribution in [1.29, 1.82) is 0 Å². The van der Waals surface area contributed by atoms with Gasteiger partial charge in [0.05, 0.1) is 18.2 Å². The van der Waals surface area contributed by atoms with Crippen molar-refractivity contribution in [3.05, 3.63) is 101 Å². The molecule has 0 spiro atoms. The van der Waals surface area contributed by atoms with Gasteiger partial charge in [-0.05, 0) is 74.5 Å². The average Bonchev–Trinajstić information content (AvgIpc) is 3.19. The molecule has 1 saturated heterocycles. The van der Waals surface area contributed by atoms with Crippen LogP contribution in [0.1, 0.15) is 41.6 Å². The lowest BCUT2D eigenvalue weighted by Crippen LogP contribution is -2.35. The minimum Gasteiger partial charge on any atom is -0.507 e. The third kappa shape index (κ3) is 6.49. The van der Waals surface area contributed by atoms with Gasteiger partial charge in [0.2, 0.25) is 0 Å². The van der Waals surface area contributed by atoms with Crippen molar-refractivity contribution in [3.8, 4) is 11.5 Å². The highest BCUT2D eigenvalue weighted by atomic mass is 16.5. The number of amides is 1. The maximum absolute atomic E-state index is 13.3. The highest BCUT2D eigenvalue weighted by Gasteiger charge is 2.45. The normalized spacial score (nSPS) is 16.6. The van der Waals surface area contributed by atoms with Gasteiger partial charge in [0, 0.05) is 18.7 Å². The Hall–Kier alpha value is -4.10. The van der Waals surface area contributed by atoms with Crippen molar-refractivity contribution in [2.24, 2.45) is 0 Å². The zero-order valence-electron chi connectivity index (χ0n) is 23.0. The van der Waals surface area contributed by atoms with Gasteiger partial charge in [-0.1, -0.05) is 49.4 Å². The van der Waals surface area contributed by atoms with Gasteiger partial charge < -0.3 is 24.4 Å². The second-order valence-electron chi connectivity index (χ2n) is 9.97. The van der Waals surface area contributed by atoms with E-state index in [-0.39, 0.29) is 11.3 Å². The van der Waals surface area contributed by atoms with Crippen molar-refractivity contribution < 1.29 is 24.2 Å².